The van der Waals surface area contributed by atoms with Crippen LogP contribution < -0.4 is 25.6 Å². The lowest BCUT2D eigenvalue weighted by Crippen LogP contribution is -2.47. The van der Waals surface area contributed by atoms with Crippen LogP contribution in [0.5, 0.6) is 5.75 Å². The lowest BCUT2D eigenvalue weighted by atomic mass is 10.2. The van der Waals surface area contributed by atoms with Gasteiger partial charge in [0.1, 0.15) is 17.8 Å². The Bertz CT molecular complexity index is 924. The van der Waals surface area contributed by atoms with Crippen molar-refractivity contribution in [3.8, 4) is 5.75 Å². The first-order chi connectivity index (χ1) is 14.2. The quantitative estimate of drug-likeness (QED) is 0.670. The molecule has 2 heterocycles. The molecule has 2 aromatic carbocycles. The molecule has 4 rings (SSSR count). The van der Waals surface area contributed by atoms with Crippen molar-refractivity contribution in [3.63, 3.8) is 0 Å². The highest BCUT2D eigenvalue weighted by molar-refractivity contribution is 5.75. The maximum absolute atomic E-state index is 6.40. The number of nitrogens with one attached hydrogen (secondary N) is 1. The fourth-order valence-electron chi connectivity index (χ4n) is 3.53. The van der Waals surface area contributed by atoms with Gasteiger partial charge in [0, 0.05) is 38.4 Å². The molecule has 0 atom stereocenters. The SMILES string of the molecule is COc1ccc(N2CCN(c3ncnc(NCc4ccccc4)c3N)CC2)cc1. The molecule has 3 aromatic rings. The van der Waals surface area contributed by atoms with Gasteiger partial charge in [-0.25, -0.2) is 9.97 Å². The van der Waals surface area contributed by atoms with Gasteiger partial charge in [0.25, 0.3) is 0 Å². The van der Waals surface area contributed by atoms with Gasteiger partial charge in [-0.05, 0) is 29.8 Å². The predicted molar refractivity (Wildman–Crippen MR) is 118 cm³/mol. The summed E-state index contributed by atoms with van der Waals surface area (Å²) in [5.41, 5.74) is 9.38. The first kappa shape index (κ1) is 18.9. The van der Waals surface area contributed by atoms with E-state index in [-0.39, 0.29) is 0 Å². The molecule has 1 fully saturated rings. The van der Waals surface area contributed by atoms with Crippen molar-refractivity contribution in [1.29, 1.82) is 0 Å². The van der Waals surface area contributed by atoms with Crippen molar-refractivity contribution in [2.45, 2.75) is 6.54 Å². The molecule has 29 heavy (non-hydrogen) atoms. The first-order valence-electron chi connectivity index (χ1n) is 9.77. The van der Waals surface area contributed by atoms with E-state index in [1.165, 1.54) is 11.3 Å². The zero-order valence-corrected chi connectivity index (χ0v) is 16.6. The van der Waals surface area contributed by atoms with Gasteiger partial charge in [-0.3, -0.25) is 0 Å². The third kappa shape index (κ3) is 4.34. The Kier molecular flexibility index (Phi) is 5.65. The van der Waals surface area contributed by atoms with Crippen LogP contribution in [0.15, 0.2) is 60.9 Å². The number of rotatable bonds is 6. The molecule has 0 unspecified atom stereocenters. The Morgan fingerprint density at radius 3 is 2.31 bits per heavy atom. The number of piperazine rings is 1. The highest BCUT2D eigenvalue weighted by Crippen LogP contribution is 2.28. The summed E-state index contributed by atoms with van der Waals surface area (Å²) in [6.07, 6.45) is 1.58. The summed E-state index contributed by atoms with van der Waals surface area (Å²) >= 11 is 0. The maximum atomic E-state index is 6.40. The topological polar surface area (TPSA) is 79.5 Å². The molecule has 0 spiro atoms. The van der Waals surface area contributed by atoms with Crippen molar-refractivity contribution >= 4 is 23.0 Å². The zero-order valence-electron chi connectivity index (χ0n) is 16.6. The molecule has 0 aliphatic carbocycles. The summed E-state index contributed by atoms with van der Waals surface area (Å²) in [4.78, 5) is 13.4. The van der Waals surface area contributed by atoms with Gasteiger partial charge >= 0.3 is 0 Å². The predicted octanol–water partition coefficient (Wildman–Crippen LogP) is 3.01. The summed E-state index contributed by atoms with van der Waals surface area (Å²) in [7, 11) is 1.68. The fourth-order valence-corrected chi connectivity index (χ4v) is 3.53. The maximum Gasteiger partial charge on any atom is 0.157 e. The summed E-state index contributed by atoms with van der Waals surface area (Å²) in [5, 5.41) is 3.33. The number of anilines is 4. The van der Waals surface area contributed by atoms with E-state index in [9.17, 15) is 0 Å². The molecule has 7 nitrogen and oxygen atoms in total. The zero-order chi connectivity index (χ0) is 20.1. The summed E-state index contributed by atoms with van der Waals surface area (Å²) in [5.74, 6) is 2.35. The molecule has 150 valence electrons. The van der Waals surface area contributed by atoms with E-state index in [0.717, 1.165) is 37.7 Å². The summed E-state index contributed by atoms with van der Waals surface area (Å²) < 4.78 is 5.24. The second kappa shape index (κ2) is 8.68. The van der Waals surface area contributed by atoms with Crippen LogP contribution in [0.3, 0.4) is 0 Å². The number of nitrogens with zero attached hydrogens (tertiary/aromatic N) is 4. The van der Waals surface area contributed by atoms with Crippen molar-refractivity contribution in [2.75, 3.05) is 54.1 Å². The Morgan fingerprint density at radius 2 is 1.62 bits per heavy atom. The van der Waals surface area contributed by atoms with Gasteiger partial charge in [-0.15, -0.1) is 0 Å². The molecule has 1 aliphatic rings. The average molecular weight is 390 g/mol. The third-order valence-electron chi connectivity index (χ3n) is 5.18. The van der Waals surface area contributed by atoms with Gasteiger partial charge in [-0.1, -0.05) is 30.3 Å². The standard InChI is InChI=1S/C22H26N6O/c1-29-19-9-7-18(8-10-19)27-11-13-28(14-12-27)22-20(23)21(25-16-26-22)24-15-17-5-3-2-4-6-17/h2-10,16H,11-15,23H2,1H3,(H,24,25,26). The second-order valence-electron chi connectivity index (χ2n) is 6.97. The van der Waals surface area contributed by atoms with E-state index in [1.54, 1.807) is 13.4 Å². The molecule has 1 aliphatic heterocycles. The van der Waals surface area contributed by atoms with Crippen LogP contribution in [0, 0.1) is 0 Å². The van der Waals surface area contributed by atoms with Crippen molar-refractivity contribution in [3.05, 3.63) is 66.5 Å². The minimum atomic E-state index is 0.598. The molecule has 7 heteroatoms. The Balaban J connectivity index is 1.40. The third-order valence-corrected chi connectivity index (χ3v) is 5.18. The molecule has 0 bridgehead atoms. The van der Waals surface area contributed by atoms with E-state index in [1.807, 2.05) is 30.3 Å². The van der Waals surface area contributed by atoms with E-state index in [2.05, 4.69) is 49.4 Å². The molecule has 0 amide bonds. The molecular formula is C22H26N6O. The number of aromatic nitrogens is 2. The Hall–Kier alpha value is -3.48. The first-order valence-corrected chi connectivity index (χ1v) is 9.77. The lowest BCUT2D eigenvalue weighted by molar-refractivity contribution is 0.415. The molecule has 0 radical (unpaired) electrons. The number of methoxy groups -OCH3 is 1. The Morgan fingerprint density at radius 1 is 0.931 bits per heavy atom. The van der Waals surface area contributed by atoms with Gasteiger partial charge in [0.15, 0.2) is 11.6 Å². The fraction of sp³-hybridized carbons (Fsp3) is 0.273. The monoisotopic (exact) mass is 390 g/mol. The van der Waals surface area contributed by atoms with Crippen LogP contribution in [0.4, 0.5) is 23.0 Å². The van der Waals surface area contributed by atoms with Crippen molar-refractivity contribution < 1.29 is 4.74 Å². The number of ether oxygens (including phenoxy) is 1. The van der Waals surface area contributed by atoms with E-state index in [4.69, 9.17) is 10.5 Å². The smallest absolute Gasteiger partial charge is 0.157 e. The molecule has 1 saturated heterocycles. The van der Waals surface area contributed by atoms with E-state index < -0.39 is 0 Å². The second-order valence-corrected chi connectivity index (χ2v) is 6.97. The van der Waals surface area contributed by atoms with Gasteiger partial charge in [0.2, 0.25) is 0 Å². The minimum absolute atomic E-state index is 0.598. The van der Waals surface area contributed by atoms with Crippen molar-refractivity contribution in [2.24, 2.45) is 0 Å². The molecule has 1 aromatic heterocycles. The Labute approximate surface area is 171 Å². The largest absolute Gasteiger partial charge is 0.497 e. The lowest BCUT2D eigenvalue weighted by Gasteiger charge is -2.37. The highest BCUT2D eigenvalue weighted by atomic mass is 16.5. The minimum Gasteiger partial charge on any atom is -0.497 e. The van der Waals surface area contributed by atoms with Crippen LogP contribution in [0.25, 0.3) is 0 Å². The number of hydrogen-bond donors (Lipinski definition) is 2. The van der Waals surface area contributed by atoms with Gasteiger partial charge in [0.05, 0.1) is 7.11 Å². The number of hydrogen-bond acceptors (Lipinski definition) is 7. The van der Waals surface area contributed by atoms with Crippen LogP contribution >= 0.6 is 0 Å². The number of benzene rings is 2. The van der Waals surface area contributed by atoms with Crippen LogP contribution in [-0.4, -0.2) is 43.3 Å². The normalized spacial score (nSPS) is 14.0. The molecular weight excluding hydrogens is 364 g/mol. The summed E-state index contributed by atoms with van der Waals surface area (Å²) in [6, 6.07) is 18.4. The van der Waals surface area contributed by atoms with Crippen LogP contribution in [0.1, 0.15) is 5.56 Å². The van der Waals surface area contributed by atoms with Gasteiger partial charge < -0.3 is 25.6 Å². The van der Waals surface area contributed by atoms with Crippen LogP contribution in [0.2, 0.25) is 0 Å². The number of nitrogen functional groups attached to an aromatic ring is 1. The van der Waals surface area contributed by atoms with Gasteiger partial charge in [-0.2, -0.15) is 0 Å². The van der Waals surface area contributed by atoms with E-state index in [0.29, 0.717) is 18.1 Å². The highest BCUT2D eigenvalue weighted by Gasteiger charge is 2.21. The average Bonchev–Trinajstić information content (AvgIpc) is 2.79. The molecule has 0 saturated carbocycles. The number of nitrogens with two attached hydrogens (primary N) is 1. The summed E-state index contributed by atoms with van der Waals surface area (Å²) in [6.45, 7) is 4.19. The molecule has 3 N–H and O–H groups in total. The van der Waals surface area contributed by atoms with Crippen LogP contribution in [-0.2, 0) is 6.54 Å². The van der Waals surface area contributed by atoms with E-state index >= 15 is 0 Å². The van der Waals surface area contributed by atoms with Crippen molar-refractivity contribution in [1.82, 2.24) is 9.97 Å².